The molecule has 0 unspecified atom stereocenters. The second-order valence-corrected chi connectivity index (χ2v) is 4.94. The number of hydrogen-bond donors (Lipinski definition) is 0. The zero-order valence-corrected chi connectivity index (χ0v) is 10.3. The first kappa shape index (κ1) is 11.3. The Morgan fingerprint density at radius 1 is 1.33 bits per heavy atom. The number of ether oxygens (including phenoxy) is 1. The third-order valence-corrected chi connectivity index (χ3v) is 3.61. The van der Waals surface area contributed by atoms with Crippen LogP contribution in [0.15, 0.2) is 24.3 Å². The number of nitrogens with zero attached hydrogens (tertiary/aromatic N) is 1. The molecule has 1 atom stereocenters. The second-order valence-electron chi connectivity index (χ2n) is 4.94. The fourth-order valence-corrected chi connectivity index (χ4v) is 2.34. The van der Waals surface area contributed by atoms with Gasteiger partial charge in [0.1, 0.15) is 0 Å². The number of carbonyl (C=O) groups is 2. The van der Waals surface area contributed by atoms with Gasteiger partial charge < -0.3 is 9.64 Å². The van der Waals surface area contributed by atoms with E-state index in [0.717, 1.165) is 18.4 Å². The van der Waals surface area contributed by atoms with Crippen molar-refractivity contribution < 1.29 is 14.3 Å². The molecule has 2 aliphatic rings. The van der Waals surface area contributed by atoms with Crippen LogP contribution in [-0.2, 0) is 16.0 Å². The van der Waals surface area contributed by atoms with Crippen molar-refractivity contribution in [3.63, 3.8) is 0 Å². The third-order valence-electron chi connectivity index (χ3n) is 3.61. The summed E-state index contributed by atoms with van der Waals surface area (Å²) in [4.78, 5) is 25.7. The lowest BCUT2D eigenvalue weighted by molar-refractivity contribution is -0.140. The van der Waals surface area contributed by atoms with E-state index in [9.17, 15) is 9.59 Å². The molecular weight excluding hydrogens is 230 g/mol. The average molecular weight is 245 g/mol. The molecule has 1 aromatic carbocycles. The van der Waals surface area contributed by atoms with Gasteiger partial charge in [0.25, 0.3) is 5.91 Å². The van der Waals surface area contributed by atoms with Gasteiger partial charge in [0.05, 0.1) is 5.56 Å². The molecule has 4 heteroatoms. The zero-order chi connectivity index (χ0) is 12.7. The van der Waals surface area contributed by atoms with Gasteiger partial charge in [-0.05, 0) is 24.5 Å². The molecule has 4 nitrogen and oxygen atoms in total. The highest BCUT2D eigenvalue weighted by Crippen LogP contribution is 2.28. The van der Waals surface area contributed by atoms with E-state index in [0.29, 0.717) is 18.0 Å². The topological polar surface area (TPSA) is 46.6 Å². The molecule has 1 amide bonds. The molecule has 0 aromatic heterocycles. The Balaban J connectivity index is 1.81. The van der Waals surface area contributed by atoms with Crippen LogP contribution in [0.4, 0.5) is 0 Å². The van der Waals surface area contributed by atoms with E-state index in [2.05, 4.69) is 0 Å². The predicted molar refractivity (Wildman–Crippen MR) is 65.1 cm³/mol. The van der Waals surface area contributed by atoms with Crippen LogP contribution in [0.2, 0.25) is 0 Å². The second kappa shape index (κ2) is 4.12. The third kappa shape index (κ3) is 1.88. The van der Waals surface area contributed by atoms with Crippen molar-refractivity contribution in [2.75, 3.05) is 7.05 Å². The van der Waals surface area contributed by atoms with Gasteiger partial charge in [0.2, 0.25) is 0 Å². The largest absolute Gasteiger partial charge is 0.448 e. The van der Waals surface area contributed by atoms with Crippen LogP contribution in [0.1, 0.15) is 28.8 Å². The van der Waals surface area contributed by atoms with Crippen molar-refractivity contribution in [3.8, 4) is 0 Å². The van der Waals surface area contributed by atoms with Crippen LogP contribution in [0, 0.1) is 0 Å². The highest BCUT2D eigenvalue weighted by Gasteiger charge is 2.37. The van der Waals surface area contributed by atoms with Crippen LogP contribution < -0.4 is 0 Å². The van der Waals surface area contributed by atoms with Crippen molar-refractivity contribution in [2.24, 2.45) is 0 Å². The van der Waals surface area contributed by atoms with Crippen molar-refractivity contribution in [1.29, 1.82) is 0 Å². The average Bonchev–Trinajstić information content (AvgIpc) is 3.21. The molecule has 18 heavy (non-hydrogen) atoms. The summed E-state index contributed by atoms with van der Waals surface area (Å²) >= 11 is 0. The van der Waals surface area contributed by atoms with Gasteiger partial charge in [0, 0.05) is 19.5 Å². The zero-order valence-electron chi connectivity index (χ0n) is 10.3. The van der Waals surface area contributed by atoms with E-state index >= 15 is 0 Å². The first-order valence-corrected chi connectivity index (χ1v) is 6.22. The number of likely N-dealkylation sites (N-methyl/N-ethyl adjacent to an activating group) is 1. The lowest BCUT2D eigenvalue weighted by Crippen LogP contribution is -2.43. The SMILES string of the molecule is CN(C(=O)[C@H]1Cc2ccccc2C(=O)O1)C1CC1. The fourth-order valence-electron chi connectivity index (χ4n) is 2.34. The molecule has 1 aliphatic carbocycles. The molecule has 94 valence electrons. The highest BCUT2D eigenvalue weighted by molar-refractivity contribution is 5.95. The summed E-state index contributed by atoms with van der Waals surface area (Å²) in [5.74, 6) is -0.472. The van der Waals surface area contributed by atoms with Crippen LogP contribution in [0.3, 0.4) is 0 Å². The summed E-state index contributed by atoms with van der Waals surface area (Å²) in [6.45, 7) is 0. The Hall–Kier alpha value is -1.84. The number of rotatable bonds is 2. The molecule has 0 bridgehead atoms. The molecule has 1 aromatic rings. The minimum Gasteiger partial charge on any atom is -0.448 e. The van der Waals surface area contributed by atoms with Crippen molar-refractivity contribution in [2.45, 2.75) is 31.4 Å². The summed E-state index contributed by atoms with van der Waals surface area (Å²) in [5, 5.41) is 0. The van der Waals surface area contributed by atoms with Crippen molar-refractivity contribution in [1.82, 2.24) is 4.90 Å². The van der Waals surface area contributed by atoms with E-state index < -0.39 is 6.10 Å². The molecule has 1 aliphatic heterocycles. The minimum absolute atomic E-state index is 0.0830. The molecule has 0 radical (unpaired) electrons. The maximum Gasteiger partial charge on any atom is 0.339 e. The highest BCUT2D eigenvalue weighted by atomic mass is 16.5. The quantitative estimate of drug-likeness (QED) is 0.740. The molecule has 3 rings (SSSR count). The van der Waals surface area contributed by atoms with Crippen LogP contribution in [0.25, 0.3) is 0 Å². The molecule has 1 heterocycles. The smallest absolute Gasteiger partial charge is 0.339 e. The maximum absolute atomic E-state index is 12.2. The Kier molecular flexibility index (Phi) is 2.58. The summed E-state index contributed by atoms with van der Waals surface area (Å²) in [7, 11) is 1.79. The van der Waals surface area contributed by atoms with E-state index in [-0.39, 0.29) is 11.9 Å². The van der Waals surface area contributed by atoms with Crippen LogP contribution >= 0.6 is 0 Å². The standard InChI is InChI=1S/C14H15NO3/c1-15(10-6-7-10)13(16)12-8-9-4-2-3-5-11(9)14(17)18-12/h2-5,10,12H,6-8H2,1H3/t12-/m1/s1. The number of fused-ring (bicyclic) bond motifs is 1. The van der Waals surface area contributed by atoms with Crippen LogP contribution in [0.5, 0.6) is 0 Å². The Bertz CT molecular complexity index is 508. The lowest BCUT2D eigenvalue weighted by Gasteiger charge is -2.27. The lowest BCUT2D eigenvalue weighted by atomic mass is 9.98. The summed E-state index contributed by atoms with van der Waals surface area (Å²) in [6, 6.07) is 7.64. The predicted octanol–water partition coefficient (Wildman–Crippen LogP) is 1.39. The fraction of sp³-hybridized carbons (Fsp3) is 0.429. The number of cyclic esters (lactones) is 1. The first-order chi connectivity index (χ1) is 8.66. The van der Waals surface area contributed by atoms with Gasteiger partial charge in [-0.3, -0.25) is 4.79 Å². The number of carbonyl (C=O) groups excluding carboxylic acids is 2. The first-order valence-electron chi connectivity index (χ1n) is 6.22. The van der Waals surface area contributed by atoms with Gasteiger partial charge in [-0.2, -0.15) is 0 Å². The summed E-state index contributed by atoms with van der Waals surface area (Å²) < 4.78 is 5.24. The molecule has 1 fully saturated rings. The molecule has 0 N–H and O–H groups in total. The minimum atomic E-state index is -0.655. The monoisotopic (exact) mass is 245 g/mol. The molecule has 1 saturated carbocycles. The number of hydrogen-bond acceptors (Lipinski definition) is 3. The maximum atomic E-state index is 12.2. The molecular formula is C14H15NO3. The number of benzene rings is 1. The van der Waals surface area contributed by atoms with Gasteiger partial charge in [-0.25, -0.2) is 4.79 Å². The Morgan fingerprint density at radius 3 is 2.78 bits per heavy atom. The van der Waals surface area contributed by atoms with Crippen LogP contribution in [-0.4, -0.2) is 36.0 Å². The van der Waals surface area contributed by atoms with Gasteiger partial charge in [-0.15, -0.1) is 0 Å². The van der Waals surface area contributed by atoms with Gasteiger partial charge >= 0.3 is 5.97 Å². The van der Waals surface area contributed by atoms with E-state index in [1.54, 1.807) is 24.1 Å². The Labute approximate surface area is 106 Å². The molecule has 0 saturated heterocycles. The van der Waals surface area contributed by atoms with E-state index in [1.165, 1.54) is 0 Å². The van der Waals surface area contributed by atoms with Crippen molar-refractivity contribution in [3.05, 3.63) is 35.4 Å². The summed E-state index contributed by atoms with van der Waals surface area (Å²) in [6.07, 6.45) is 1.94. The van der Waals surface area contributed by atoms with E-state index in [4.69, 9.17) is 4.74 Å². The normalized spacial score (nSPS) is 22.1. The number of esters is 1. The van der Waals surface area contributed by atoms with Gasteiger partial charge in [0.15, 0.2) is 6.10 Å². The molecule has 0 spiro atoms. The van der Waals surface area contributed by atoms with E-state index in [1.807, 2.05) is 12.1 Å². The summed E-state index contributed by atoms with van der Waals surface area (Å²) in [5.41, 5.74) is 1.48. The number of amides is 1. The van der Waals surface area contributed by atoms with Gasteiger partial charge in [-0.1, -0.05) is 18.2 Å². The van der Waals surface area contributed by atoms with Crippen molar-refractivity contribution >= 4 is 11.9 Å². The Morgan fingerprint density at radius 2 is 2.06 bits per heavy atom.